The fourth-order valence-corrected chi connectivity index (χ4v) is 2.72. The van der Waals surface area contributed by atoms with Crippen molar-refractivity contribution in [3.8, 4) is 5.75 Å². The number of hydrogen-bond donors (Lipinski definition) is 1. The second kappa shape index (κ2) is 5.99. The van der Waals surface area contributed by atoms with Crippen LogP contribution >= 0.6 is 0 Å². The van der Waals surface area contributed by atoms with Gasteiger partial charge < -0.3 is 14.3 Å². The summed E-state index contributed by atoms with van der Waals surface area (Å²) < 4.78 is 24.4. The van der Waals surface area contributed by atoms with Gasteiger partial charge in [-0.3, -0.25) is 9.69 Å². The van der Waals surface area contributed by atoms with E-state index in [9.17, 15) is 19.1 Å². The number of nitrogens with zero attached hydrogens (tertiary/aromatic N) is 1. The Bertz CT molecular complexity index is 813. The number of anilines is 1. The summed E-state index contributed by atoms with van der Waals surface area (Å²) in [5, 5.41) is 9.19. The second-order valence-corrected chi connectivity index (χ2v) is 5.56. The summed E-state index contributed by atoms with van der Waals surface area (Å²) in [4.78, 5) is 25.4. The molecule has 0 aliphatic carbocycles. The third-order valence-electron chi connectivity index (χ3n) is 3.80. The number of amides is 1. The number of benzene rings is 1. The van der Waals surface area contributed by atoms with Crippen molar-refractivity contribution in [2.45, 2.75) is 26.4 Å². The predicted molar refractivity (Wildman–Crippen MR) is 83.2 cm³/mol. The summed E-state index contributed by atoms with van der Waals surface area (Å²) in [5.74, 6) is -1.65. The number of hydrogen-bond acceptors (Lipinski definition) is 4. The van der Waals surface area contributed by atoms with Gasteiger partial charge in [0.15, 0.2) is 5.76 Å². The Morgan fingerprint density at radius 3 is 2.75 bits per heavy atom. The van der Waals surface area contributed by atoms with Crippen LogP contribution in [0.25, 0.3) is 0 Å². The number of carboxylic acids is 1. The number of rotatable bonds is 3. The first-order valence-electron chi connectivity index (χ1n) is 7.54. The van der Waals surface area contributed by atoms with Crippen LogP contribution in [0.1, 0.15) is 40.5 Å². The fraction of sp³-hybridized carbons (Fsp3) is 0.294. The summed E-state index contributed by atoms with van der Waals surface area (Å²) >= 11 is 0. The van der Waals surface area contributed by atoms with E-state index in [0.717, 1.165) is 0 Å². The van der Waals surface area contributed by atoms with Crippen molar-refractivity contribution in [1.82, 2.24) is 0 Å². The molecule has 1 unspecified atom stereocenters. The van der Waals surface area contributed by atoms with Gasteiger partial charge in [-0.05, 0) is 19.1 Å². The van der Waals surface area contributed by atoms with E-state index in [1.807, 2.05) is 0 Å². The van der Waals surface area contributed by atoms with Crippen LogP contribution in [0.3, 0.4) is 0 Å². The molecule has 3 rings (SSSR count). The number of fused-ring (bicyclic) bond motifs is 1. The Morgan fingerprint density at radius 2 is 2.12 bits per heavy atom. The van der Waals surface area contributed by atoms with Crippen LogP contribution in [0.2, 0.25) is 0 Å². The third-order valence-corrected chi connectivity index (χ3v) is 3.80. The standard InChI is InChI=1S/C17H16FNO5/c1-3-13-11(17(21)22)7-15(24-13)16(20)19-8-9(2)23-14-6-10(18)4-5-12(14)19/h4-7,9H,3,8H2,1-2H3,(H,21,22). The van der Waals surface area contributed by atoms with E-state index in [1.165, 1.54) is 29.2 Å². The Kier molecular flexibility index (Phi) is 4.01. The molecule has 1 N–H and O–H groups in total. The molecule has 1 aromatic carbocycles. The van der Waals surface area contributed by atoms with E-state index < -0.39 is 17.7 Å². The lowest BCUT2D eigenvalue weighted by molar-refractivity contribution is 0.0694. The molecule has 0 radical (unpaired) electrons. The van der Waals surface area contributed by atoms with Crippen LogP contribution in [0.15, 0.2) is 28.7 Å². The Balaban J connectivity index is 2.00. The minimum absolute atomic E-state index is 0.0264. The van der Waals surface area contributed by atoms with Crippen molar-refractivity contribution >= 4 is 17.6 Å². The molecule has 7 heteroatoms. The van der Waals surface area contributed by atoms with Gasteiger partial charge in [0, 0.05) is 18.6 Å². The SMILES string of the molecule is CCc1oc(C(=O)N2CC(C)Oc3cc(F)ccc32)cc1C(=O)O. The minimum Gasteiger partial charge on any atom is -0.487 e. The molecule has 1 amide bonds. The maximum atomic E-state index is 13.4. The summed E-state index contributed by atoms with van der Waals surface area (Å²) in [6.07, 6.45) is 0.0266. The Labute approximate surface area is 137 Å². The molecule has 0 spiro atoms. The highest BCUT2D eigenvalue weighted by atomic mass is 19.1. The van der Waals surface area contributed by atoms with Crippen LogP contribution in [0.4, 0.5) is 10.1 Å². The first-order chi connectivity index (χ1) is 11.4. The van der Waals surface area contributed by atoms with Gasteiger partial charge in [0.1, 0.15) is 29.0 Å². The number of furan rings is 1. The van der Waals surface area contributed by atoms with E-state index in [4.69, 9.17) is 9.15 Å². The topological polar surface area (TPSA) is 80.0 Å². The molecule has 2 heterocycles. The molecule has 0 saturated carbocycles. The average molecular weight is 333 g/mol. The Hall–Kier alpha value is -2.83. The summed E-state index contributed by atoms with van der Waals surface area (Å²) in [6.45, 7) is 3.76. The lowest BCUT2D eigenvalue weighted by atomic mass is 10.1. The largest absolute Gasteiger partial charge is 0.487 e. The van der Waals surface area contributed by atoms with Crippen LogP contribution < -0.4 is 9.64 Å². The molecule has 0 fully saturated rings. The fourth-order valence-electron chi connectivity index (χ4n) is 2.72. The molecule has 0 saturated heterocycles. The van der Waals surface area contributed by atoms with Gasteiger partial charge in [0.05, 0.1) is 12.2 Å². The van der Waals surface area contributed by atoms with Gasteiger partial charge in [0.25, 0.3) is 5.91 Å². The maximum Gasteiger partial charge on any atom is 0.339 e. The second-order valence-electron chi connectivity index (χ2n) is 5.56. The highest BCUT2D eigenvalue weighted by molar-refractivity contribution is 6.06. The molecule has 126 valence electrons. The lowest BCUT2D eigenvalue weighted by Crippen LogP contribution is -2.42. The zero-order chi connectivity index (χ0) is 17.4. The van der Waals surface area contributed by atoms with Crippen molar-refractivity contribution in [3.63, 3.8) is 0 Å². The highest BCUT2D eigenvalue weighted by Crippen LogP contribution is 2.35. The zero-order valence-electron chi connectivity index (χ0n) is 13.2. The van der Waals surface area contributed by atoms with Crippen molar-refractivity contribution in [2.75, 3.05) is 11.4 Å². The predicted octanol–water partition coefficient (Wildman–Crippen LogP) is 3.11. The number of carboxylic acid groups (broad SMARTS) is 1. The number of ether oxygens (including phenoxy) is 1. The van der Waals surface area contributed by atoms with E-state index in [-0.39, 0.29) is 35.5 Å². The van der Waals surface area contributed by atoms with E-state index >= 15 is 0 Å². The number of aromatic carboxylic acids is 1. The van der Waals surface area contributed by atoms with Crippen LogP contribution in [0, 0.1) is 5.82 Å². The first-order valence-corrected chi connectivity index (χ1v) is 7.54. The van der Waals surface area contributed by atoms with Crippen LogP contribution in [-0.2, 0) is 6.42 Å². The summed E-state index contributed by atoms with van der Waals surface area (Å²) in [6, 6.07) is 5.14. The number of aryl methyl sites for hydroxylation is 1. The molecule has 0 bridgehead atoms. The van der Waals surface area contributed by atoms with Crippen LogP contribution in [-0.4, -0.2) is 29.6 Å². The molecule has 6 nitrogen and oxygen atoms in total. The molecule has 1 aliphatic heterocycles. The quantitative estimate of drug-likeness (QED) is 0.933. The zero-order valence-corrected chi connectivity index (χ0v) is 13.2. The number of carbonyl (C=O) groups is 2. The monoisotopic (exact) mass is 333 g/mol. The molecule has 24 heavy (non-hydrogen) atoms. The van der Waals surface area contributed by atoms with E-state index in [0.29, 0.717) is 12.1 Å². The van der Waals surface area contributed by atoms with Gasteiger partial charge in [-0.15, -0.1) is 0 Å². The molecular formula is C17H16FNO5. The van der Waals surface area contributed by atoms with Gasteiger partial charge in [-0.25, -0.2) is 9.18 Å². The molecule has 1 aromatic heterocycles. The third kappa shape index (κ3) is 2.73. The molecule has 1 atom stereocenters. The van der Waals surface area contributed by atoms with E-state index in [2.05, 4.69) is 0 Å². The van der Waals surface area contributed by atoms with Gasteiger partial charge in [0.2, 0.25) is 0 Å². The molecular weight excluding hydrogens is 317 g/mol. The Morgan fingerprint density at radius 1 is 1.38 bits per heavy atom. The van der Waals surface area contributed by atoms with Gasteiger partial charge in [-0.2, -0.15) is 0 Å². The maximum absolute atomic E-state index is 13.4. The lowest BCUT2D eigenvalue weighted by Gasteiger charge is -2.32. The van der Waals surface area contributed by atoms with Gasteiger partial charge >= 0.3 is 5.97 Å². The normalized spacial score (nSPS) is 16.5. The number of carbonyl (C=O) groups excluding carboxylic acids is 1. The van der Waals surface area contributed by atoms with Crippen molar-refractivity contribution in [3.05, 3.63) is 47.2 Å². The molecule has 2 aromatic rings. The summed E-state index contributed by atoms with van der Waals surface area (Å²) in [5.41, 5.74) is 0.396. The highest BCUT2D eigenvalue weighted by Gasteiger charge is 2.31. The molecule has 1 aliphatic rings. The van der Waals surface area contributed by atoms with E-state index in [1.54, 1.807) is 13.8 Å². The van der Waals surface area contributed by atoms with Crippen molar-refractivity contribution in [1.29, 1.82) is 0 Å². The van der Waals surface area contributed by atoms with Crippen LogP contribution in [0.5, 0.6) is 5.75 Å². The smallest absolute Gasteiger partial charge is 0.339 e. The average Bonchev–Trinajstić information content (AvgIpc) is 2.97. The van der Waals surface area contributed by atoms with Gasteiger partial charge in [-0.1, -0.05) is 6.92 Å². The number of halogens is 1. The van der Waals surface area contributed by atoms with Crippen molar-refractivity contribution in [2.24, 2.45) is 0 Å². The minimum atomic E-state index is -1.15. The first kappa shape index (κ1) is 16.0. The summed E-state index contributed by atoms with van der Waals surface area (Å²) in [7, 11) is 0. The van der Waals surface area contributed by atoms with Crippen molar-refractivity contribution < 1.29 is 28.2 Å².